The third-order valence-corrected chi connectivity index (χ3v) is 4.22. The van der Waals surface area contributed by atoms with Gasteiger partial charge in [0.1, 0.15) is 5.69 Å². The van der Waals surface area contributed by atoms with Crippen LogP contribution in [0.25, 0.3) is 11.4 Å². The topological polar surface area (TPSA) is 112 Å². The summed E-state index contributed by atoms with van der Waals surface area (Å²) in [5, 5.41) is 13.5. The standard InChI is InChI=1S/C16H20N4O4/c1-9-5-12(21)3-4-20(8-9)15(22)13-10(2)6-11(7-17-13)14-18-16(23)24-19-14/h6-7,9,12,21H,3-5,8H2,1-2H3,(H,18,19,23). The normalized spacial score (nSPS) is 21.5. The van der Waals surface area contributed by atoms with E-state index >= 15 is 0 Å². The lowest BCUT2D eigenvalue weighted by Crippen LogP contribution is -2.35. The predicted molar refractivity (Wildman–Crippen MR) is 85.4 cm³/mol. The molecule has 0 aromatic carbocycles. The first-order valence-electron chi connectivity index (χ1n) is 7.94. The van der Waals surface area contributed by atoms with Gasteiger partial charge >= 0.3 is 5.76 Å². The number of pyridine rings is 1. The van der Waals surface area contributed by atoms with Crippen molar-refractivity contribution in [2.24, 2.45) is 5.92 Å². The zero-order valence-electron chi connectivity index (χ0n) is 13.7. The van der Waals surface area contributed by atoms with E-state index in [0.29, 0.717) is 42.8 Å². The highest BCUT2D eigenvalue weighted by Gasteiger charge is 2.26. The van der Waals surface area contributed by atoms with Crippen LogP contribution in [0.15, 0.2) is 21.6 Å². The van der Waals surface area contributed by atoms with Crippen LogP contribution in [0.4, 0.5) is 0 Å². The first kappa shape index (κ1) is 16.4. The molecule has 3 rings (SSSR count). The zero-order chi connectivity index (χ0) is 17.3. The number of likely N-dealkylation sites (tertiary alicyclic amines) is 1. The highest BCUT2D eigenvalue weighted by atomic mass is 16.5. The number of aromatic amines is 1. The van der Waals surface area contributed by atoms with E-state index < -0.39 is 5.76 Å². The second-order valence-electron chi connectivity index (χ2n) is 6.37. The minimum absolute atomic E-state index is 0.145. The minimum atomic E-state index is -0.639. The fourth-order valence-corrected chi connectivity index (χ4v) is 3.05. The molecule has 2 atom stereocenters. The number of aliphatic hydroxyl groups is 1. The van der Waals surface area contributed by atoms with Crippen LogP contribution < -0.4 is 5.76 Å². The fraction of sp³-hybridized carbons (Fsp3) is 0.500. The third-order valence-electron chi connectivity index (χ3n) is 4.22. The number of aryl methyl sites for hydroxylation is 1. The van der Waals surface area contributed by atoms with Gasteiger partial charge in [-0.15, -0.1) is 0 Å². The lowest BCUT2D eigenvalue weighted by molar-refractivity contribution is 0.0735. The number of hydrogen-bond donors (Lipinski definition) is 2. The molecule has 2 unspecified atom stereocenters. The van der Waals surface area contributed by atoms with E-state index in [1.165, 1.54) is 6.20 Å². The highest BCUT2D eigenvalue weighted by Crippen LogP contribution is 2.21. The molecular weight excluding hydrogens is 312 g/mol. The number of amides is 1. The zero-order valence-corrected chi connectivity index (χ0v) is 13.7. The number of hydrogen-bond acceptors (Lipinski definition) is 6. The Morgan fingerprint density at radius 2 is 2.29 bits per heavy atom. The van der Waals surface area contributed by atoms with Crippen LogP contribution in [0, 0.1) is 12.8 Å². The smallest absolute Gasteiger partial charge is 0.393 e. The minimum Gasteiger partial charge on any atom is -0.393 e. The van der Waals surface area contributed by atoms with Gasteiger partial charge < -0.3 is 10.0 Å². The number of nitrogens with zero attached hydrogens (tertiary/aromatic N) is 3. The summed E-state index contributed by atoms with van der Waals surface area (Å²) in [6.45, 7) is 4.94. The molecule has 8 nitrogen and oxygen atoms in total. The van der Waals surface area contributed by atoms with Crippen molar-refractivity contribution in [2.75, 3.05) is 13.1 Å². The number of carbonyl (C=O) groups excluding carboxylic acids is 1. The Kier molecular flexibility index (Phi) is 4.48. The Morgan fingerprint density at radius 3 is 2.96 bits per heavy atom. The summed E-state index contributed by atoms with van der Waals surface area (Å²) in [6, 6.07) is 1.74. The van der Waals surface area contributed by atoms with E-state index in [4.69, 9.17) is 0 Å². The highest BCUT2D eigenvalue weighted by molar-refractivity contribution is 5.94. The van der Waals surface area contributed by atoms with Crippen LogP contribution in [0.1, 0.15) is 35.8 Å². The molecule has 0 radical (unpaired) electrons. The first-order chi connectivity index (χ1) is 11.4. The molecule has 3 heterocycles. The molecule has 1 saturated heterocycles. The second kappa shape index (κ2) is 6.56. The number of aliphatic hydroxyl groups excluding tert-OH is 1. The molecule has 128 valence electrons. The van der Waals surface area contributed by atoms with Crippen LogP contribution in [0.3, 0.4) is 0 Å². The molecule has 0 spiro atoms. The van der Waals surface area contributed by atoms with Gasteiger partial charge in [0.15, 0.2) is 5.82 Å². The van der Waals surface area contributed by atoms with Crippen molar-refractivity contribution in [3.05, 3.63) is 34.1 Å². The van der Waals surface area contributed by atoms with Gasteiger partial charge in [-0.1, -0.05) is 12.1 Å². The maximum absolute atomic E-state index is 12.8. The second-order valence-corrected chi connectivity index (χ2v) is 6.37. The fourth-order valence-electron chi connectivity index (χ4n) is 3.05. The number of H-pyrrole nitrogens is 1. The maximum atomic E-state index is 12.8. The van der Waals surface area contributed by atoms with Crippen molar-refractivity contribution in [1.82, 2.24) is 20.0 Å². The van der Waals surface area contributed by atoms with Gasteiger partial charge in [0.2, 0.25) is 0 Å². The lowest BCUT2D eigenvalue weighted by atomic mass is 10.0. The predicted octanol–water partition coefficient (Wildman–Crippen LogP) is 0.966. The van der Waals surface area contributed by atoms with Crippen molar-refractivity contribution in [1.29, 1.82) is 0 Å². The van der Waals surface area contributed by atoms with Crippen molar-refractivity contribution >= 4 is 5.91 Å². The van der Waals surface area contributed by atoms with Crippen molar-refractivity contribution in [3.8, 4) is 11.4 Å². The molecular formula is C16H20N4O4. The quantitative estimate of drug-likeness (QED) is 0.847. The average molecular weight is 332 g/mol. The van der Waals surface area contributed by atoms with E-state index in [1.54, 1.807) is 17.9 Å². The van der Waals surface area contributed by atoms with Gasteiger partial charge in [0.05, 0.1) is 6.10 Å². The Labute approximate surface area is 138 Å². The maximum Gasteiger partial charge on any atom is 0.439 e. The molecule has 0 bridgehead atoms. The largest absolute Gasteiger partial charge is 0.439 e. The van der Waals surface area contributed by atoms with Crippen LogP contribution in [0.2, 0.25) is 0 Å². The molecule has 1 amide bonds. The monoisotopic (exact) mass is 332 g/mol. The summed E-state index contributed by atoms with van der Waals surface area (Å²) in [5.74, 6) is -0.263. The molecule has 0 saturated carbocycles. The average Bonchev–Trinajstić information content (AvgIpc) is 2.89. The van der Waals surface area contributed by atoms with E-state index in [2.05, 4.69) is 19.6 Å². The summed E-state index contributed by atoms with van der Waals surface area (Å²) in [5.41, 5.74) is 1.64. The molecule has 2 aromatic rings. The molecule has 1 aliphatic heterocycles. The Hall–Kier alpha value is -2.48. The van der Waals surface area contributed by atoms with Crippen LogP contribution in [0.5, 0.6) is 0 Å². The first-order valence-corrected chi connectivity index (χ1v) is 7.94. The summed E-state index contributed by atoms with van der Waals surface area (Å²) in [4.78, 5) is 32.3. The van der Waals surface area contributed by atoms with Gasteiger partial charge in [-0.2, -0.15) is 0 Å². The summed E-state index contributed by atoms with van der Waals surface area (Å²) < 4.78 is 4.48. The molecule has 1 aliphatic rings. The third kappa shape index (κ3) is 3.38. The number of aromatic nitrogens is 3. The molecule has 8 heteroatoms. The van der Waals surface area contributed by atoms with Gasteiger partial charge in [-0.25, -0.2) is 4.79 Å². The van der Waals surface area contributed by atoms with Crippen molar-refractivity contribution in [2.45, 2.75) is 32.8 Å². The van der Waals surface area contributed by atoms with E-state index in [1.807, 2.05) is 6.92 Å². The summed E-state index contributed by atoms with van der Waals surface area (Å²) in [7, 11) is 0. The number of carbonyl (C=O) groups is 1. The Balaban J connectivity index is 1.83. The van der Waals surface area contributed by atoms with Gasteiger partial charge in [0.25, 0.3) is 5.91 Å². The number of nitrogens with one attached hydrogen (secondary N) is 1. The summed E-state index contributed by atoms with van der Waals surface area (Å²) in [6.07, 6.45) is 2.41. The van der Waals surface area contributed by atoms with E-state index in [9.17, 15) is 14.7 Å². The molecule has 2 aromatic heterocycles. The Bertz CT molecular complexity index is 797. The van der Waals surface area contributed by atoms with E-state index in [-0.39, 0.29) is 23.8 Å². The lowest BCUT2D eigenvalue weighted by Gasteiger charge is -2.23. The SMILES string of the molecule is Cc1cc(-c2noc(=O)[nH]2)cnc1C(=O)N1CCC(O)CC(C)C1. The van der Waals surface area contributed by atoms with Crippen LogP contribution in [-0.4, -0.2) is 50.2 Å². The van der Waals surface area contributed by atoms with Gasteiger partial charge in [0, 0.05) is 24.8 Å². The van der Waals surface area contributed by atoms with Crippen molar-refractivity contribution < 1.29 is 14.4 Å². The molecule has 24 heavy (non-hydrogen) atoms. The Morgan fingerprint density at radius 1 is 1.50 bits per heavy atom. The van der Waals surface area contributed by atoms with Crippen molar-refractivity contribution in [3.63, 3.8) is 0 Å². The number of rotatable bonds is 2. The van der Waals surface area contributed by atoms with Crippen LogP contribution in [-0.2, 0) is 0 Å². The molecule has 0 aliphatic carbocycles. The van der Waals surface area contributed by atoms with Gasteiger partial charge in [-0.05, 0) is 37.3 Å². The molecule has 2 N–H and O–H groups in total. The van der Waals surface area contributed by atoms with Gasteiger partial charge in [-0.3, -0.25) is 19.3 Å². The van der Waals surface area contributed by atoms with Crippen LogP contribution >= 0.6 is 0 Å². The summed E-state index contributed by atoms with van der Waals surface area (Å²) >= 11 is 0. The van der Waals surface area contributed by atoms with E-state index in [0.717, 1.165) is 0 Å². The molecule has 1 fully saturated rings.